The van der Waals surface area contributed by atoms with E-state index in [4.69, 9.17) is 4.74 Å². The zero-order valence-corrected chi connectivity index (χ0v) is 18.3. The SMILES string of the molecule is CCOC(=O)CC(Nc1nc(-c2c[nH]c3ncc(F)cc23)ncc1F)C1(C)CCCCC1. The second-order valence-corrected chi connectivity index (χ2v) is 8.56. The number of pyridine rings is 1. The van der Waals surface area contributed by atoms with E-state index in [0.29, 0.717) is 23.2 Å². The number of nitrogens with zero attached hydrogens (tertiary/aromatic N) is 3. The van der Waals surface area contributed by atoms with Crippen LogP contribution in [0, 0.1) is 17.0 Å². The van der Waals surface area contributed by atoms with Gasteiger partial charge in [0, 0.05) is 23.2 Å². The Morgan fingerprint density at radius 2 is 2.03 bits per heavy atom. The number of ether oxygens (including phenoxy) is 1. The molecule has 2 N–H and O–H groups in total. The van der Waals surface area contributed by atoms with Crippen molar-refractivity contribution in [3.05, 3.63) is 36.3 Å². The van der Waals surface area contributed by atoms with Gasteiger partial charge in [0.2, 0.25) is 0 Å². The van der Waals surface area contributed by atoms with Gasteiger partial charge in [0.25, 0.3) is 0 Å². The highest BCUT2D eigenvalue weighted by Crippen LogP contribution is 2.41. The minimum Gasteiger partial charge on any atom is -0.466 e. The van der Waals surface area contributed by atoms with Crippen molar-refractivity contribution in [1.82, 2.24) is 19.9 Å². The van der Waals surface area contributed by atoms with Crippen molar-refractivity contribution in [3.8, 4) is 11.4 Å². The number of halogens is 2. The van der Waals surface area contributed by atoms with E-state index in [9.17, 15) is 13.6 Å². The van der Waals surface area contributed by atoms with Crippen molar-refractivity contribution >= 4 is 22.8 Å². The van der Waals surface area contributed by atoms with Crippen molar-refractivity contribution in [2.45, 2.75) is 58.4 Å². The summed E-state index contributed by atoms with van der Waals surface area (Å²) < 4.78 is 33.6. The number of esters is 1. The van der Waals surface area contributed by atoms with Crippen LogP contribution in [0.2, 0.25) is 0 Å². The topological polar surface area (TPSA) is 92.8 Å². The number of aromatic nitrogens is 4. The molecule has 9 heteroatoms. The molecule has 32 heavy (non-hydrogen) atoms. The molecule has 7 nitrogen and oxygen atoms in total. The summed E-state index contributed by atoms with van der Waals surface area (Å²) in [5.41, 5.74) is 0.802. The Bertz CT molecular complexity index is 1110. The van der Waals surface area contributed by atoms with Gasteiger partial charge in [-0.2, -0.15) is 0 Å². The van der Waals surface area contributed by atoms with Crippen molar-refractivity contribution in [2.75, 3.05) is 11.9 Å². The maximum absolute atomic E-state index is 14.7. The number of fused-ring (bicyclic) bond motifs is 1. The first-order valence-electron chi connectivity index (χ1n) is 11.0. The van der Waals surface area contributed by atoms with E-state index in [2.05, 4.69) is 32.2 Å². The van der Waals surface area contributed by atoms with Gasteiger partial charge in [-0.3, -0.25) is 4.79 Å². The minimum atomic E-state index is -0.619. The van der Waals surface area contributed by atoms with Gasteiger partial charge < -0.3 is 15.0 Å². The average molecular weight is 443 g/mol. The quantitative estimate of drug-likeness (QED) is 0.499. The summed E-state index contributed by atoms with van der Waals surface area (Å²) >= 11 is 0. The van der Waals surface area contributed by atoms with Crippen molar-refractivity contribution in [1.29, 1.82) is 0 Å². The molecule has 0 bridgehead atoms. The van der Waals surface area contributed by atoms with E-state index in [1.807, 2.05) is 0 Å². The third-order valence-electron chi connectivity index (χ3n) is 6.31. The van der Waals surface area contributed by atoms with Crippen LogP contribution in [0.4, 0.5) is 14.6 Å². The molecule has 1 unspecified atom stereocenters. The highest BCUT2D eigenvalue weighted by molar-refractivity contribution is 5.91. The molecule has 1 saturated carbocycles. The smallest absolute Gasteiger partial charge is 0.307 e. The Labute approximate surface area is 185 Å². The number of carbonyl (C=O) groups is 1. The summed E-state index contributed by atoms with van der Waals surface area (Å²) in [5, 5.41) is 3.69. The average Bonchev–Trinajstić information content (AvgIpc) is 3.18. The Balaban J connectivity index is 1.67. The van der Waals surface area contributed by atoms with Gasteiger partial charge in [-0.25, -0.2) is 23.7 Å². The summed E-state index contributed by atoms with van der Waals surface area (Å²) in [6, 6.07) is 0.988. The maximum Gasteiger partial charge on any atom is 0.307 e. The van der Waals surface area contributed by atoms with Crippen LogP contribution in [-0.2, 0) is 9.53 Å². The summed E-state index contributed by atoms with van der Waals surface area (Å²) in [6.45, 7) is 4.18. The molecule has 1 fully saturated rings. The molecule has 1 aliphatic rings. The van der Waals surface area contributed by atoms with Crippen molar-refractivity contribution in [2.24, 2.45) is 5.41 Å². The van der Waals surface area contributed by atoms with Crippen molar-refractivity contribution in [3.63, 3.8) is 0 Å². The predicted octanol–water partition coefficient (Wildman–Crippen LogP) is 5.00. The zero-order valence-electron chi connectivity index (χ0n) is 18.3. The fourth-order valence-electron chi connectivity index (χ4n) is 4.49. The minimum absolute atomic E-state index is 0.00908. The molecule has 3 aromatic rings. The number of nitrogens with one attached hydrogen (secondary N) is 2. The van der Waals surface area contributed by atoms with E-state index in [1.54, 1.807) is 13.1 Å². The highest BCUT2D eigenvalue weighted by atomic mass is 19.1. The lowest BCUT2D eigenvalue weighted by atomic mass is 9.69. The van der Waals surface area contributed by atoms with Crippen LogP contribution in [0.15, 0.2) is 24.7 Å². The number of rotatable bonds is 7. The molecule has 3 aromatic heterocycles. The van der Waals surface area contributed by atoms with Gasteiger partial charge in [-0.15, -0.1) is 0 Å². The molecule has 170 valence electrons. The van der Waals surface area contributed by atoms with Gasteiger partial charge >= 0.3 is 5.97 Å². The molecule has 3 heterocycles. The Morgan fingerprint density at radius 1 is 1.25 bits per heavy atom. The van der Waals surface area contributed by atoms with Crippen LogP contribution in [0.25, 0.3) is 22.4 Å². The molecule has 0 saturated heterocycles. The monoisotopic (exact) mass is 443 g/mol. The van der Waals surface area contributed by atoms with E-state index < -0.39 is 11.6 Å². The van der Waals surface area contributed by atoms with Crippen LogP contribution < -0.4 is 5.32 Å². The maximum atomic E-state index is 14.7. The summed E-state index contributed by atoms with van der Waals surface area (Å²) in [6.07, 6.45) is 9.06. The summed E-state index contributed by atoms with van der Waals surface area (Å²) in [4.78, 5) is 27.8. The van der Waals surface area contributed by atoms with E-state index >= 15 is 0 Å². The molecule has 1 atom stereocenters. The lowest BCUT2D eigenvalue weighted by Gasteiger charge is -2.41. The van der Waals surface area contributed by atoms with Crippen LogP contribution in [-0.4, -0.2) is 38.6 Å². The molecule has 0 amide bonds. The third-order valence-corrected chi connectivity index (χ3v) is 6.31. The van der Waals surface area contributed by atoms with Crippen LogP contribution in [0.5, 0.6) is 0 Å². The fraction of sp³-hybridized carbons (Fsp3) is 0.478. The molecule has 0 radical (unpaired) electrons. The molecular formula is C23H27F2N5O2. The van der Waals surface area contributed by atoms with Crippen LogP contribution in [0.1, 0.15) is 52.4 Å². The first-order valence-corrected chi connectivity index (χ1v) is 11.0. The number of H-pyrrole nitrogens is 1. The number of carbonyl (C=O) groups excluding carboxylic acids is 1. The van der Waals surface area contributed by atoms with Gasteiger partial charge in [-0.1, -0.05) is 26.2 Å². The number of aromatic amines is 1. The zero-order chi connectivity index (χ0) is 22.7. The Morgan fingerprint density at radius 3 is 2.78 bits per heavy atom. The first-order chi connectivity index (χ1) is 15.4. The largest absolute Gasteiger partial charge is 0.466 e. The normalized spacial score (nSPS) is 16.6. The van der Waals surface area contributed by atoms with Gasteiger partial charge in [0.1, 0.15) is 11.5 Å². The van der Waals surface area contributed by atoms with E-state index in [0.717, 1.165) is 44.5 Å². The first kappa shape index (κ1) is 22.1. The second-order valence-electron chi connectivity index (χ2n) is 8.56. The Hall–Kier alpha value is -3.10. The van der Waals surface area contributed by atoms with Crippen LogP contribution >= 0.6 is 0 Å². The lowest BCUT2D eigenvalue weighted by molar-refractivity contribution is -0.144. The van der Waals surface area contributed by atoms with E-state index in [-0.39, 0.29) is 35.5 Å². The van der Waals surface area contributed by atoms with Gasteiger partial charge in [0.05, 0.1) is 25.4 Å². The molecule has 0 aliphatic heterocycles. The molecule has 0 spiro atoms. The third kappa shape index (κ3) is 4.56. The number of hydrogen-bond acceptors (Lipinski definition) is 6. The Kier molecular flexibility index (Phi) is 6.34. The summed E-state index contributed by atoms with van der Waals surface area (Å²) in [5.74, 6) is -1.19. The lowest BCUT2D eigenvalue weighted by Crippen LogP contribution is -2.42. The van der Waals surface area contributed by atoms with Crippen molar-refractivity contribution < 1.29 is 18.3 Å². The standard InChI is InChI=1S/C23H27F2N5O2/c1-3-32-19(31)10-18(23(2)7-5-4-6-8-23)29-22-17(25)13-28-21(30-22)16-12-27-20-15(16)9-14(24)11-26-20/h9,11-13,18H,3-8,10H2,1-2H3,(H,26,27)(H,28,29,30). The van der Waals surface area contributed by atoms with Crippen LogP contribution in [0.3, 0.4) is 0 Å². The van der Waals surface area contributed by atoms with Gasteiger partial charge in [-0.05, 0) is 31.2 Å². The molecular weight excluding hydrogens is 416 g/mol. The molecule has 1 aliphatic carbocycles. The molecule has 0 aromatic carbocycles. The number of anilines is 1. The van der Waals surface area contributed by atoms with E-state index in [1.165, 1.54) is 6.07 Å². The number of hydrogen-bond donors (Lipinski definition) is 2. The second kappa shape index (κ2) is 9.18. The van der Waals surface area contributed by atoms with Gasteiger partial charge in [0.15, 0.2) is 17.5 Å². The predicted molar refractivity (Wildman–Crippen MR) is 117 cm³/mol. The fourth-order valence-corrected chi connectivity index (χ4v) is 4.49. The molecule has 4 rings (SSSR count). The highest BCUT2D eigenvalue weighted by Gasteiger charge is 2.37. The summed E-state index contributed by atoms with van der Waals surface area (Å²) in [7, 11) is 0.